The van der Waals surface area contributed by atoms with Crippen LogP contribution in [0.5, 0.6) is 0 Å². The highest BCUT2D eigenvalue weighted by Gasteiger charge is 2.21. The van der Waals surface area contributed by atoms with Crippen LogP contribution in [0, 0.1) is 0 Å². The van der Waals surface area contributed by atoms with Gasteiger partial charge in [0, 0.05) is 24.2 Å². The third-order valence-electron chi connectivity index (χ3n) is 4.85. The van der Waals surface area contributed by atoms with Crippen molar-refractivity contribution >= 4 is 34.4 Å². The molecule has 10 nitrogen and oxygen atoms in total. The Kier molecular flexibility index (Phi) is 7.17. The average Bonchev–Trinajstić information content (AvgIpc) is 2.77. The molecular formula is C22H22N4O6. The van der Waals surface area contributed by atoms with E-state index in [0.717, 1.165) is 11.3 Å². The molecule has 1 aromatic heterocycles. The zero-order valence-corrected chi connectivity index (χ0v) is 17.0. The minimum Gasteiger partial charge on any atom is -0.481 e. The number of nitrogens with zero attached hydrogens (tertiary/aromatic N) is 1. The number of hydrogen-bond donors (Lipinski definition) is 5. The molecule has 5 N–H and O–H groups in total. The van der Waals surface area contributed by atoms with E-state index in [0.29, 0.717) is 23.9 Å². The molecule has 0 aliphatic heterocycles. The molecule has 2 aromatic carbocycles. The van der Waals surface area contributed by atoms with Crippen molar-refractivity contribution in [3.05, 3.63) is 70.3 Å². The van der Waals surface area contributed by atoms with Gasteiger partial charge in [0.05, 0.1) is 17.2 Å². The summed E-state index contributed by atoms with van der Waals surface area (Å²) in [4.78, 5) is 52.7. The largest absolute Gasteiger partial charge is 0.481 e. The van der Waals surface area contributed by atoms with Crippen LogP contribution in [0.15, 0.2) is 53.6 Å². The number of anilines is 1. The van der Waals surface area contributed by atoms with E-state index < -0.39 is 23.9 Å². The number of aliphatic carboxylic acids is 2. The summed E-state index contributed by atoms with van der Waals surface area (Å²) in [5.74, 6) is -3.01. The van der Waals surface area contributed by atoms with Gasteiger partial charge in [-0.15, -0.1) is 0 Å². The minimum atomic E-state index is -1.29. The van der Waals surface area contributed by atoms with E-state index in [1.54, 1.807) is 36.4 Å². The Balaban J connectivity index is 1.54. The van der Waals surface area contributed by atoms with Gasteiger partial charge in [-0.2, -0.15) is 0 Å². The van der Waals surface area contributed by atoms with E-state index >= 15 is 0 Å². The summed E-state index contributed by atoms with van der Waals surface area (Å²) in [7, 11) is 0. The van der Waals surface area contributed by atoms with Crippen molar-refractivity contribution in [2.45, 2.75) is 25.3 Å². The smallest absolute Gasteiger partial charge is 0.326 e. The van der Waals surface area contributed by atoms with Gasteiger partial charge < -0.3 is 25.8 Å². The normalized spacial score (nSPS) is 11.6. The van der Waals surface area contributed by atoms with Crippen LogP contribution >= 0.6 is 0 Å². The molecule has 10 heteroatoms. The quantitative estimate of drug-likeness (QED) is 0.319. The van der Waals surface area contributed by atoms with Crippen LogP contribution in [0.2, 0.25) is 0 Å². The lowest BCUT2D eigenvalue weighted by atomic mass is 10.1. The summed E-state index contributed by atoms with van der Waals surface area (Å²) in [6.07, 6.45) is 1.47. The van der Waals surface area contributed by atoms with Crippen molar-refractivity contribution in [1.82, 2.24) is 15.3 Å². The summed E-state index contributed by atoms with van der Waals surface area (Å²) < 4.78 is 0. The number of aromatic amines is 1. The fourth-order valence-corrected chi connectivity index (χ4v) is 3.13. The second-order valence-corrected chi connectivity index (χ2v) is 7.13. The number of carbonyl (C=O) groups is 3. The lowest BCUT2D eigenvalue weighted by Gasteiger charge is -2.14. The Morgan fingerprint density at radius 1 is 1.06 bits per heavy atom. The van der Waals surface area contributed by atoms with E-state index in [9.17, 15) is 19.2 Å². The van der Waals surface area contributed by atoms with Crippen molar-refractivity contribution in [3.63, 3.8) is 0 Å². The first-order valence-electron chi connectivity index (χ1n) is 9.89. The summed E-state index contributed by atoms with van der Waals surface area (Å²) >= 11 is 0. The molecule has 0 saturated heterocycles. The number of nitrogens with one attached hydrogen (secondary N) is 3. The molecule has 0 fully saturated rings. The molecule has 0 unspecified atom stereocenters. The van der Waals surface area contributed by atoms with Gasteiger partial charge in [-0.3, -0.25) is 14.4 Å². The topological polar surface area (TPSA) is 161 Å². The Morgan fingerprint density at radius 3 is 2.50 bits per heavy atom. The molecule has 3 rings (SSSR count). The van der Waals surface area contributed by atoms with Crippen molar-refractivity contribution in [1.29, 1.82) is 0 Å². The van der Waals surface area contributed by atoms with Gasteiger partial charge in [-0.05, 0) is 54.8 Å². The molecule has 0 aliphatic rings. The summed E-state index contributed by atoms with van der Waals surface area (Å²) in [5, 5.41) is 23.9. The van der Waals surface area contributed by atoms with Gasteiger partial charge in [0.15, 0.2) is 0 Å². The first kappa shape index (κ1) is 22.5. The van der Waals surface area contributed by atoms with Crippen LogP contribution in [0.1, 0.15) is 28.8 Å². The molecule has 1 heterocycles. The highest BCUT2D eigenvalue weighted by Crippen LogP contribution is 2.13. The first-order chi connectivity index (χ1) is 15.3. The van der Waals surface area contributed by atoms with E-state index in [1.807, 2.05) is 6.07 Å². The van der Waals surface area contributed by atoms with Crippen molar-refractivity contribution in [2.75, 3.05) is 11.9 Å². The molecule has 0 bridgehead atoms. The van der Waals surface area contributed by atoms with Gasteiger partial charge in [0.1, 0.15) is 6.04 Å². The minimum absolute atomic E-state index is 0.188. The van der Waals surface area contributed by atoms with E-state index in [-0.39, 0.29) is 24.0 Å². The van der Waals surface area contributed by atoms with E-state index in [1.165, 1.54) is 6.33 Å². The van der Waals surface area contributed by atoms with Crippen LogP contribution in [0.4, 0.5) is 5.69 Å². The standard InChI is InChI=1S/C22H22N4O6/c27-19(28)8-7-18(22(31)32)26-20(29)14-2-4-15(5-3-14)23-10-9-13-1-6-17-16(11-13)21(30)25-12-24-17/h1-6,11-12,18,23H,7-10H2,(H,26,29)(H,27,28)(H,31,32)(H,24,25,30)/t18-/m0/s1. The summed E-state index contributed by atoms with van der Waals surface area (Å²) in [6.45, 7) is 0.589. The van der Waals surface area contributed by atoms with Crippen LogP contribution < -0.4 is 16.2 Å². The monoisotopic (exact) mass is 438 g/mol. The predicted octanol–water partition coefficient (Wildman–Crippen LogP) is 1.63. The molecular weight excluding hydrogens is 416 g/mol. The molecule has 32 heavy (non-hydrogen) atoms. The maximum atomic E-state index is 12.3. The van der Waals surface area contributed by atoms with Gasteiger partial charge in [-0.1, -0.05) is 6.07 Å². The number of rotatable bonds is 10. The Bertz CT molecular complexity index is 1190. The number of aromatic nitrogens is 2. The number of carboxylic acid groups (broad SMARTS) is 2. The van der Waals surface area contributed by atoms with Crippen LogP contribution in [-0.4, -0.2) is 50.6 Å². The maximum absolute atomic E-state index is 12.3. The number of fused-ring (bicyclic) bond motifs is 1. The van der Waals surface area contributed by atoms with Gasteiger partial charge in [0.2, 0.25) is 0 Å². The van der Waals surface area contributed by atoms with Gasteiger partial charge >= 0.3 is 11.9 Å². The molecule has 1 amide bonds. The Labute approximate surface area is 182 Å². The molecule has 0 aliphatic carbocycles. The zero-order valence-electron chi connectivity index (χ0n) is 17.0. The van der Waals surface area contributed by atoms with Crippen LogP contribution in [-0.2, 0) is 16.0 Å². The molecule has 0 radical (unpaired) electrons. The molecule has 1 atom stereocenters. The van der Waals surface area contributed by atoms with Crippen molar-refractivity contribution < 1.29 is 24.6 Å². The summed E-state index contributed by atoms with van der Waals surface area (Å²) in [6, 6.07) is 10.7. The number of amides is 1. The highest BCUT2D eigenvalue weighted by atomic mass is 16.4. The van der Waals surface area contributed by atoms with Crippen LogP contribution in [0.25, 0.3) is 10.9 Å². The third kappa shape index (κ3) is 5.91. The average molecular weight is 438 g/mol. The number of hydrogen-bond acceptors (Lipinski definition) is 6. The fourth-order valence-electron chi connectivity index (χ4n) is 3.13. The third-order valence-corrected chi connectivity index (χ3v) is 4.85. The zero-order chi connectivity index (χ0) is 23.1. The Hall–Kier alpha value is -4.21. The maximum Gasteiger partial charge on any atom is 0.326 e. The van der Waals surface area contributed by atoms with Gasteiger partial charge in [-0.25, -0.2) is 9.78 Å². The number of H-pyrrole nitrogens is 1. The number of carboxylic acids is 2. The fraction of sp³-hybridized carbons (Fsp3) is 0.227. The molecule has 3 aromatic rings. The summed E-state index contributed by atoms with van der Waals surface area (Å²) in [5.41, 5.74) is 2.45. The van der Waals surface area contributed by atoms with Crippen LogP contribution in [0.3, 0.4) is 0 Å². The SMILES string of the molecule is O=C(O)CC[C@H](NC(=O)c1ccc(NCCc2ccc3nc[nH]c(=O)c3c2)cc1)C(=O)O. The molecule has 166 valence electrons. The van der Waals surface area contributed by atoms with Crippen molar-refractivity contribution in [3.8, 4) is 0 Å². The van der Waals surface area contributed by atoms with Crippen molar-refractivity contribution in [2.24, 2.45) is 0 Å². The second kappa shape index (κ2) is 10.2. The van der Waals surface area contributed by atoms with E-state index in [4.69, 9.17) is 10.2 Å². The lowest BCUT2D eigenvalue weighted by Crippen LogP contribution is -2.41. The molecule has 0 spiro atoms. The number of carbonyl (C=O) groups excluding carboxylic acids is 1. The predicted molar refractivity (Wildman–Crippen MR) is 117 cm³/mol. The lowest BCUT2D eigenvalue weighted by molar-refractivity contribution is -0.140. The number of benzene rings is 2. The second-order valence-electron chi connectivity index (χ2n) is 7.13. The molecule has 0 saturated carbocycles. The van der Waals surface area contributed by atoms with E-state index in [2.05, 4.69) is 20.6 Å². The Morgan fingerprint density at radius 2 is 1.81 bits per heavy atom. The van der Waals surface area contributed by atoms with Gasteiger partial charge in [0.25, 0.3) is 11.5 Å². The first-order valence-corrected chi connectivity index (χ1v) is 9.89. The highest BCUT2D eigenvalue weighted by molar-refractivity contribution is 5.96.